The molecule has 138 valence electrons. The topological polar surface area (TPSA) is 83.4 Å². The molecule has 3 aromatic rings. The van der Waals surface area contributed by atoms with E-state index in [1.54, 1.807) is 54.6 Å². The van der Waals surface area contributed by atoms with Gasteiger partial charge in [-0.15, -0.1) is 0 Å². The van der Waals surface area contributed by atoms with Gasteiger partial charge in [-0.2, -0.15) is 0 Å². The number of nitrogens with one attached hydrogen (secondary N) is 3. The van der Waals surface area contributed by atoms with Gasteiger partial charge in [-0.05, 0) is 55.0 Å². The molecule has 2 aromatic carbocycles. The molecule has 0 aliphatic heterocycles. The van der Waals surface area contributed by atoms with E-state index in [4.69, 9.17) is 16.0 Å². The molecule has 27 heavy (non-hydrogen) atoms. The molecule has 3 N–H and O–H groups in total. The number of furan rings is 1. The summed E-state index contributed by atoms with van der Waals surface area (Å²) in [5.41, 5.74) is 2.78. The van der Waals surface area contributed by atoms with Crippen molar-refractivity contribution < 1.29 is 14.0 Å². The van der Waals surface area contributed by atoms with Crippen LogP contribution in [0.4, 0.5) is 17.1 Å². The Morgan fingerprint density at radius 3 is 2.56 bits per heavy atom. The Hall–Kier alpha value is -3.25. The van der Waals surface area contributed by atoms with E-state index in [0.29, 0.717) is 22.1 Å². The van der Waals surface area contributed by atoms with Crippen molar-refractivity contribution in [3.8, 4) is 0 Å². The van der Waals surface area contributed by atoms with Crippen LogP contribution >= 0.6 is 11.6 Å². The summed E-state index contributed by atoms with van der Waals surface area (Å²) in [5, 5.41) is 9.18. The van der Waals surface area contributed by atoms with Crippen LogP contribution in [0, 0.1) is 6.92 Å². The van der Waals surface area contributed by atoms with Gasteiger partial charge in [-0.25, -0.2) is 0 Å². The lowest BCUT2D eigenvalue weighted by Crippen LogP contribution is -2.22. The predicted octanol–water partition coefficient (Wildman–Crippen LogP) is 4.54. The standard InChI is InChI=1S/C20H18ClN3O3/c1-13-16(21)7-3-8-17(13)24-19(25)12-22-14-5-2-6-15(11-14)23-20(26)18-9-4-10-27-18/h2-11,22H,12H2,1H3,(H,23,26)(H,24,25). The number of hydrogen-bond donors (Lipinski definition) is 3. The largest absolute Gasteiger partial charge is 0.459 e. The molecule has 1 aromatic heterocycles. The summed E-state index contributed by atoms with van der Waals surface area (Å²) in [6.07, 6.45) is 1.44. The Morgan fingerprint density at radius 1 is 1.00 bits per heavy atom. The average molecular weight is 384 g/mol. The minimum Gasteiger partial charge on any atom is -0.459 e. The van der Waals surface area contributed by atoms with Crippen molar-refractivity contribution in [1.82, 2.24) is 0 Å². The third-order valence-electron chi connectivity index (χ3n) is 3.86. The second-order valence-corrected chi connectivity index (χ2v) is 6.23. The molecule has 0 atom stereocenters. The Kier molecular flexibility index (Phi) is 5.78. The van der Waals surface area contributed by atoms with Crippen LogP contribution in [0.2, 0.25) is 5.02 Å². The zero-order valence-corrected chi connectivity index (χ0v) is 15.3. The van der Waals surface area contributed by atoms with E-state index in [0.717, 1.165) is 5.56 Å². The summed E-state index contributed by atoms with van der Waals surface area (Å²) >= 11 is 6.06. The number of benzene rings is 2. The number of rotatable bonds is 6. The van der Waals surface area contributed by atoms with E-state index >= 15 is 0 Å². The Balaban J connectivity index is 1.57. The minimum absolute atomic E-state index is 0.0710. The van der Waals surface area contributed by atoms with Crippen molar-refractivity contribution >= 4 is 40.5 Å². The zero-order valence-electron chi connectivity index (χ0n) is 14.6. The first kappa shape index (κ1) is 18.5. The number of hydrogen-bond acceptors (Lipinski definition) is 4. The lowest BCUT2D eigenvalue weighted by molar-refractivity contribution is -0.114. The van der Waals surface area contributed by atoms with Gasteiger partial charge in [0.2, 0.25) is 5.91 Å². The number of carbonyl (C=O) groups excluding carboxylic acids is 2. The van der Waals surface area contributed by atoms with Crippen LogP contribution in [-0.4, -0.2) is 18.4 Å². The number of anilines is 3. The molecule has 0 unspecified atom stereocenters. The zero-order chi connectivity index (χ0) is 19.2. The molecule has 0 saturated heterocycles. The number of halogens is 1. The Labute approximate surface area is 161 Å². The molecular weight excluding hydrogens is 366 g/mol. The van der Waals surface area contributed by atoms with Gasteiger partial charge in [-0.1, -0.05) is 23.7 Å². The smallest absolute Gasteiger partial charge is 0.291 e. The van der Waals surface area contributed by atoms with Crippen LogP contribution < -0.4 is 16.0 Å². The van der Waals surface area contributed by atoms with Gasteiger partial charge in [0.1, 0.15) is 0 Å². The first-order valence-electron chi connectivity index (χ1n) is 8.26. The molecule has 6 nitrogen and oxygen atoms in total. The third kappa shape index (κ3) is 4.89. The van der Waals surface area contributed by atoms with Crippen LogP contribution in [0.5, 0.6) is 0 Å². The molecule has 0 radical (unpaired) electrons. The first-order valence-corrected chi connectivity index (χ1v) is 8.64. The first-order chi connectivity index (χ1) is 13.0. The van der Waals surface area contributed by atoms with Crippen molar-refractivity contribution in [2.75, 3.05) is 22.5 Å². The lowest BCUT2D eigenvalue weighted by Gasteiger charge is -2.11. The molecule has 0 aliphatic rings. The normalized spacial score (nSPS) is 10.3. The van der Waals surface area contributed by atoms with Crippen molar-refractivity contribution in [2.24, 2.45) is 0 Å². The van der Waals surface area contributed by atoms with E-state index in [9.17, 15) is 9.59 Å². The van der Waals surface area contributed by atoms with Crippen LogP contribution in [0.3, 0.4) is 0 Å². The van der Waals surface area contributed by atoms with E-state index in [-0.39, 0.29) is 24.1 Å². The van der Waals surface area contributed by atoms with Crippen molar-refractivity contribution in [1.29, 1.82) is 0 Å². The second-order valence-electron chi connectivity index (χ2n) is 5.83. The highest BCUT2D eigenvalue weighted by atomic mass is 35.5. The summed E-state index contributed by atoms with van der Waals surface area (Å²) in [6.45, 7) is 1.91. The molecule has 0 aliphatic carbocycles. The third-order valence-corrected chi connectivity index (χ3v) is 4.27. The SMILES string of the molecule is Cc1c(Cl)cccc1NC(=O)CNc1cccc(NC(=O)c2ccco2)c1. The monoisotopic (exact) mass is 383 g/mol. The number of carbonyl (C=O) groups is 2. The van der Waals surface area contributed by atoms with Crippen LogP contribution in [0.15, 0.2) is 65.3 Å². The van der Waals surface area contributed by atoms with Crippen molar-refractivity contribution in [2.45, 2.75) is 6.92 Å². The summed E-state index contributed by atoms with van der Waals surface area (Å²) in [7, 11) is 0. The fraction of sp³-hybridized carbons (Fsp3) is 0.100. The molecule has 7 heteroatoms. The van der Waals surface area contributed by atoms with Crippen LogP contribution in [0.25, 0.3) is 0 Å². The van der Waals surface area contributed by atoms with E-state index in [1.807, 2.05) is 6.92 Å². The van der Waals surface area contributed by atoms with E-state index in [2.05, 4.69) is 16.0 Å². The maximum Gasteiger partial charge on any atom is 0.291 e. The van der Waals surface area contributed by atoms with E-state index in [1.165, 1.54) is 6.26 Å². The van der Waals surface area contributed by atoms with Gasteiger partial charge in [0, 0.05) is 22.1 Å². The quantitative estimate of drug-likeness (QED) is 0.583. The highest BCUT2D eigenvalue weighted by molar-refractivity contribution is 6.31. The maximum absolute atomic E-state index is 12.2. The molecule has 0 bridgehead atoms. The highest BCUT2D eigenvalue weighted by Gasteiger charge is 2.10. The molecule has 1 heterocycles. The second kappa shape index (κ2) is 8.42. The Morgan fingerprint density at radius 2 is 1.78 bits per heavy atom. The molecule has 3 rings (SSSR count). The van der Waals surface area contributed by atoms with Gasteiger partial charge < -0.3 is 20.4 Å². The van der Waals surface area contributed by atoms with Gasteiger partial charge in [0.15, 0.2) is 5.76 Å². The maximum atomic E-state index is 12.2. The molecule has 2 amide bonds. The predicted molar refractivity (Wildman–Crippen MR) is 106 cm³/mol. The van der Waals surface area contributed by atoms with Crippen molar-refractivity contribution in [3.05, 3.63) is 77.2 Å². The fourth-order valence-electron chi connectivity index (χ4n) is 2.43. The average Bonchev–Trinajstić information content (AvgIpc) is 3.19. The molecule has 0 saturated carbocycles. The summed E-state index contributed by atoms with van der Waals surface area (Å²) in [6, 6.07) is 15.6. The minimum atomic E-state index is -0.341. The molecule has 0 fully saturated rings. The summed E-state index contributed by atoms with van der Waals surface area (Å²) in [4.78, 5) is 24.2. The number of amides is 2. The molecule has 0 spiro atoms. The summed E-state index contributed by atoms with van der Waals surface area (Å²) < 4.78 is 5.06. The highest BCUT2D eigenvalue weighted by Crippen LogP contribution is 2.23. The van der Waals surface area contributed by atoms with Gasteiger partial charge in [0.25, 0.3) is 5.91 Å². The fourth-order valence-corrected chi connectivity index (χ4v) is 2.60. The summed E-state index contributed by atoms with van der Waals surface area (Å²) in [5.74, 6) is -0.318. The van der Waals surface area contributed by atoms with Gasteiger partial charge >= 0.3 is 0 Å². The Bertz CT molecular complexity index is 955. The lowest BCUT2D eigenvalue weighted by atomic mass is 10.2. The van der Waals surface area contributed by atoms with Crippen molar-refractivity contribution in [3.63, 3.8) is 0 Å². The molecular formula is C20H18ClN3O3. The van der Waals surface area contributed by atoms with E-state index < -0.39 is 0 Å². The van der Waals surface area contributed by atoms with Gasteiger partial charge in [-0.3, -0.25) is 9.59 Å². The van der Waals surface area contributed by atoms with Gasteiger partial charge in [0.05, 0.1) is 12.8 Å². The van der Waals surface area contributed by atoms with Crippen LogP contribution in [-0.2, 0) is 4.79 Å². The van der Waals surface area contributed by atoms with Crippen LogP contribution in [0.1, 0.15) is 16.1 Å².